The Morgan fingerprint density at radius 3 is 0.554 bits per heavy atom. The van der Waals surface area contributed by atoms with Crippen LogP contribution in [0.25, 0.3) is 0 Å². The van der Waals surface area contributed by atoms with Crippen LogP contribution >= 0.6 is 30.9 Å². The van der Waals surface area contributed by atoms with E-state index < -0.39 is 51.0 Å². The molecule has 0 radical (unpaired) electrons. The van der Waals surface area contributed by atoms with Gasteiger partial charge in [0.15, 0.2) is 0 Å². The Labute approximate surface area is 566 Å². The molecule has 9 aromatic rings. The van der Waals surface area contributed by atoms with Crippen LogP contribution in [0.3, 0.4) is 0 Å². The molecule has 9 rings (SSSR count). The van der Waals surface area contributed by atoms with E-state index >= 15 is 3.02 Å². The van der Waals surface area contributed by atoms with E-state index in [2.05, 4.69) is 281 Å². The molecule has 0 amide bonds. The second-order valence-corrected chi connectivity index (χ2v) is 40.1. The van der Waals surface area contributed by atoms with E-state index in [9.17, 15) is 0 Å². The molecule has 0 N–H and O–H groups in total. The Bertz CT molecular complexity index is 3150. The first-order valence-corrected chi connectivity index (χ1v) is 43.5. The molecule has 0 aliphatic rings. The van der Waals surface area contributed by atoms with Gasteiger partial charge in [-0.2, -0.15) is 0 Å². The Morgan fingerprint density at radius 2 is 0.380 bits per heavy atom. The van der Waals surface area contributed by atoms with Crippen molar-refractivity contribution >= 4 is 51.0 Å². The molecule has 0 heterocycles. The molecule has 488 valence electrons. The molecule has 0 aromatic heterocycles. The van der Waals surface area contributed by atoms with Gasteiger partial charge in [0.05, 0.1) is 0 Å². The predicted octanol–water partition coefficient (Wildman–Crippen LogP) is 26.2. The van der Waals surface area contributed by atoms with Crippen LogP contribution in [-0.2, 0) is 29.7 Å². The van der Waals surface area contributed by atoms with E-state index in [-0.39, 0.29) is 0 Å². The molecule has 0 saturated heterocycles. The summed E-state index contributed by atoms with van der Waals surface area (Å²) in [7, 11) is -9.12. The average molecular weight is 1400 g/mol. The summed E-state index contributed by atoms with van der Waals surface area (Å²) in [6, 6.07) is 79.8. The third-order valence-electron chi connectivity index (χ3n) is 17.9. The summed E-state index contributed by atoms with van der Waals surface area (Å²) in [5.41, 5.74) is 10.5. The minimum atomic E-state index is -6.80. The standard InChI is InChI=1S/3C28H36OS.O.Sb/c3*1-4-5-6-7-8-9-10-25-15-21-28(22-16-25)30(29,26-17-11-23(2)12-18-26)27-19-13-24(3)14-20-27;;/h3*11-22,29H,4-10H2,1-3H3;;/q;;;;+3/p-3. The molecule has 0 aliphatic heterocycles. The van der Waals surface area contributed by atoms with Gasteiger partial charge in [0, 0.05) is 0 Å². The summed E-state index contributed by atoms with van der Waals surface area (Å²) in [6.45, 7) is 19.6. The van der Waals surface area contributed by atoms with Crippen LogP contribution in [0, 0.1) is 41.5 Å². The summed E-state index contributed by atoms with van der Waals surface area (Å²) in [5, 5.41) is 0. The van der Waals surface area contributed by atoms with Gasteiger partial charge in [-0.25, -0.2) is 0 Å². The Morgan fingerprint density at radius 1 is 0.228 bits per heavy atom. The fourth-order valence-corrected chi connectivity index (χ4v) is 36.9. The summed E-state index contributed by atoms with van der Waals surface area (Å²) in [4.78, 5) is 8.23. The van der Waals surface area contributed by atoms with Crippen molar-refractivity contribution in [2.75, 3.05) is 0 Å². The van der Waals surface area contributed by atoms with Crippen molar-refractivity contribution in [2.24, 2.45) is 0 Å². The molecule has 0 unspecified atom stereocenters. The number of unbranched alkanes of at least 4 members (excludes halogenated alkanes) is 15. The van der Waals surface area contributed by atoms with Crippen molar-refractivity contribution in [2.45, 2.75) is 241 Å². The molecule has 0 aliphatic carbocycles. The van der Waals surface area contributed by atoms with Crippen LogP contribution in [0.2, 0.25) is 0 Å². The first-order valence-electron chi connectivity index (χ1n) is 34.6. The third kappa shape index (κ3) is 18.1. The van der Waals surface area contributed by atoms with Gasteiger partial charge in [-0.3, -0.25) is 0 Å². The molecular formula is C84H105O4S3Sb. The van der Waals surface area contributed by atoms with Gasteiger partial charge in [0.1, 0.15) is 0 Å². The van der Waals surface area contributed by atoms with Crippen LogP contribution in [0.15, 0.2) is 262 Å². The number of hydrogen-bond donors (Lipinski definition) is 0. The van der Waals surface area contributed by atoms with Crippen LogP contribution in [0.1, 0.15) is 186 Å². The molecule has 92 heavy (non-hydrogen) atoms. The van der Waals surface area contributed by atoms with Gasteiger partial charge < -0.3 is 0 Å². The number of aryl methyl sites for hydroxylation is 9. The van der Waals surface area contributed by atoms with Crippen LogP contribution in [-0.4, -0.2) is 20.1 Å². The van der Waals surface area contributed by atoms with Gasteiger partial charge >= 0.3 is 531 Å². The quantitative estimate of drug-likeness (QED) is 0.0290. The Balaban J connectivity index is 1.35. The molecule has 4 nitrogen and oxygen atoms in total. The zero-order valence-electron chi connectivity index (χ0n) is 56.9. The van der Waals surface area contributed by atoms with E-state index in [0.29, 0.717) is 0 Å². The zero-order valence-corrected chi connectivity index (χ0v) is 61.9. The maximum absolute atomic E-state index is 19.3. The third-order valence-corrected chi connectivity index (χ3v) is 38.0. The molecule has 0 fully saturated rings. The normalized spacial score (nSPS) is 12.7. The van der Waals surface area contributed by atoms with E-state index in [4.69, 9.17) is 7.38 Å². The Hall–Kier alpha value is -5.47. The number of rotatable bonds is 36. The number of benzene rings is 9. The van der Waals surface area contributed by atoms with E-state index in [1.165, 1.54) is 113 Å². The van der Waals surface area contributed by atoms with Crippen molar-refractivity contribution < 1.29 is 10.4 Å². The fraction of sp³-hybridized carbons (Fsp3) is 0.357. The minimum absolute atomic E-state index is 0.910. The topological polar surface area (TPSA) is 44.8 Å². The van der Waals surface area contributed by atoms with Gasteiger partial charge in [-0.15, -0.1) is 0 Å². The van der Waals surface area contributed by atoms with E-state index in [0.717, 1.165) is 116 Å². The average Bonchev–Trinajstić information content (AvgIpc) is 0.720. The van der Waals surface area contributed by atoms with Gasteiger partial charge in [0.25, 0.3) is 0 Å². The molecule has 0 saturated carbocycles. The molecule has 8 heteroatoms. The van der Waals surface area contributed by atoms with Crippen molar-refractivity contribution in [3.8, 4) is 0 Å². The van der Waals surface area contributed by atoms with Gasteiger partial charge in [0.2, 0.25) is 0 Å². The van der Waals surface area contributed by atoms with Gasteiger partial charge in [-0.1, -0.05) is 40.0 Å². The zero-order chi connectivity index (χ0) is 64.8. The fourth-order valence-electron chi connectivity index (χ4n) is 12.3. The molecule has 0 atom stereocenters. The second-order valence-electron chi connectivity index (χ2n) is 25.7. The van der Waals surface area contributed by atoms with Crippen molar-refractivity contribution in [1.82, 2.24) is 0 Å². The van der Waals surface area contributed by atoms with Crippen LogP contribution in [0.4, 0.5) is 0 Å². The van der Waals surface area contributed by atoms with Crippen molar-refractivity contribution in [3.63, 3.8) is 0 Å². The van der Waals surface area contributed by atoms with E-state index in [1.54, 1.807) is 0 Å². The Kier molecular flexibility index (Phi) is 26.8. The van der Waals surface area contributed by atoms with E-state index in [1.807, 2.05) is 0 Å². The molecule has 9 aromatic carbocycles. The summed E-state index contributed by atoms with van der Waals surface area (Å²) in [5.74, 6) is 0. The van der Waals surface area contributed by atoms with Crippen LogP contribution < -0.4 is 0 Å². The number of hydrogen-bond acceptors (Lipinski definition) is 4. The first kappa shape index (κ1) is 70.8. The van der Waals surface area contributed by atoms with Crippen molar-refractivity contribution in [3.05, 3.63) is 268 Å². The van der Waals surface area contributed by atoms with Crippen LogP contribution in [0.5, 0.6) is 0 Å². The summed E-state index contributed by atoms with van der Waals surface area (Å²) in [6.07, 6.45) is 25.1. The maximum atomic E-state index is 19.3. The van der Waals surface area contributed by atoms with Crippen molar-refractivity contribution in [1.29, 1.82) is 0 Å². The summed E-state index contributed by atoms with van der Waals surface area (Å²) < 4.78 is 44.9. The summed E-state index contributed by atoms with van der Waals surface area (Å²) >= 11 is -6.80. The molecule has 0 spiro atoms. The monoisotopic (exact) mass is 1390 g/mol. The molecular weight excluding hydrogens is 1290 g/mol. The van der Waals surface area contributed by atoms with Gasteiger partial charge in [-0.05, 0) is 0 Å². The first-order chi connectivity index (χ1) is 44.7. The SMILES string of the molecule is CCCCCCCCc1ccc(S([O][Sb](=[O])([O]S(c2ccc(C)cc2)(c2ccc(C)cc2)c2ccc(CCCCCCCC)cc2)[O]S(c2ccc(C)cc2)(c2ccc(C)cc2)c2ccc(CCCCCCCC)cc2)(c2ccc(C)cc2)c2ccc(C)cc2)cc1. The second kappa shape index (κ2) is 34.8. The predicted molar refractivity (Wildman–Crippen MR) is 395 cm³/mol. The molecule has 0 bridgehead atoms.